The Morgan fingerprint density at radius 1 is 1.12 bits per heavy atom. The first-order chi connectivity index (χ1) is 16.0. The van der Waals surface area contributed by atoms with Crippen molar-refractivity contribution in [3.8, 4) is 5.75 Å². The summed E-state index contributed by atoms with van der Waals surface area (Å²) in [5, 5.41) is 3.51. The van der Waals surface area contributed by atoms with Gasteiger partial charge in [-0.25, -0.2) is 4.98 Å². The Balaban J connectivity index is 1.48. The van der Waals surface area contributed by atoms with E-state index in [1.165, 1.54) is 0 Å². The number of hydrogen-bond acceptors (Lipinski definition) is 5. The summed E-state index contributed by atoms with van der Waals surface area (Å²) in [4.78, 5) is 32.2. The number of carbonyl (C=O) groups excluding carboxylic acids is 2. The number of halogens is 1. The van der Waals surface area contributed by atoms with E-state index in [1.807, 2.05) is 42.2 Å². The standard InChI is InChI=1S/C26H20ClN3O3/c1-16-5-4-12-28-25(16)30-15-21-23(33-22-7-3-2-6-20(22)24(21)31)13-19(30)14-29-26(32)17-8-10-18(27)11-9-17/h2-13,15,23H,14H2,1H3,(H,29,32)/t23-/m0/s1. The van der Waals surface area contributed by atoms with Gasteiger partial charge in [0.25, 0.3) is 5.91 Å². The van der Waals surface area contributed by atoms with Gasteiger partial charge in [0.1, 0.15) is 17.7 Å². The molecule has 5 rings (SSSR count). The van der Waals surface area contributed by atoms with Gasteiger partial charge in [0.05, 0.1) is 17.7 Å². The van der Waals surface area contributed by atoms with Crippen molar-refractivity contribution >= 4 is 29.1 Å². The van der Waals surface area contributed by atoms with Crippen LogP contribution in [0.4, 0.5) is 5.82 Å². The Morgan fingerprint density at radius 3 is 2.70 bits per heavy atom. The lowest BCUT2D eigenvalue weighted by atomic mass is 9.93. The molecule has 3 aromatic rings. The number of Topliss-reactive ketones (excluding diaryl/α,β-unsaturated/α-hetero) is 1. The maximum absolute atomic E-state index is 13.2. The molecule has 6 nitrogen and oxygen atoms in total. The topological polar surface area (TPSA) is 71.5 Å². The van der Waals surface area contributed by atoms with Crippen molar-refractivity contribution in [2.24, 2.45) is 0 Å². The Bertz CT molecular complexity index is 1310. The minimum Gasteiger partial charge on any atom is -0.481 e. The summed E-state index contributed by atoms with van der Waals surface area (Å²) in [6, 6.07) is 17.7. The highest BCUT2D eigenvalue weighted by atomic mass is 35.5. The highest BCUT2D eigenvalue weighted by Gasteiger charge is 2.35. The third-order valence-corrected chi connectivity index (χ3v) is 5.87. The van der Waals surface area contributed by atoms with E-state index < -0.39 is 6.10 Å². The Labute approximate surface area is 196 Å². The zero-order valence-corrected chi connectivity index (χ0v) is 18.5. The molecule has 0 unspecified atom stereocenters. The number of aryl methyl sites for hydroxylation is 1. The molecular formula is C26H20ClN3O3. The van der Waals surface area contributed by atoms with Crippen LogP contribution in [0.1, 0.15) is 26.3 Å². The maximum Gasteiger partial charge on any atom is 0.251 e. The second-order valence-electron chi connectivity index (χ2n) is 7.81. The molecule has 0 saturated carbocycles. The van der Waals surface area contributed by atoms with E-state index in [1.54, 1.807) is 48.8 Å². The van der Waals surface area contributed by atoms with Crippen molar-refractivity contribution in [1.29, 1.82) is 0 Å². The molecule has 0 aliphatic carbocycles. The number of para-hydroxylation sites is 1. The molecule has 0 bridgehead atoms. The van der Waals surface area contributed by atoms with Crippen LogP contribution in [0.2, 0.25) is 5.02 Å². The zero-order chi connectivity index (χ0) is 22.9. The Morgan fingerprint density at radius 2 is 1.91 bits per heavy atom. The molecule has 0 fully saturated rings. The molecule has 3 heterocycles. The third-order valence-electron chi connectivity index (χ3n) is 5.62. The van der Waals surface area contributed by atoms with E-state index in [0.717, 1.165) is 11.3 Å². The first-order valence-electron chi connectivity index (χ1n) is 10.5. The summed E-state index contributed by atoms with van der Waals surface area (Å²) < 4.78 is 6.12. The molecule has 1 aromatic heterocycles. The number of aromatic nitrogens is 1. The highest BCUT2D eigenvalue weighted by molar-refractivity contribution is 6.30. The monoisotopic (exact) mass is 457 g/mol. The molecule has 2 aliphatic heterocycles. The van der Waals surface area contributed by atoms with Crippen LogP contribution in [-0.2, 0) is 0 Å². The number of ether oxygens (including phenoxy) is 1. The maximum atomic E-state index is 13.2. The Kier molecular flexibility index (Phi) is 5.44. The largest absolute Gasteiger partial charge is 0.481 e. The van der Waals surface area contributed by atoms with Crippen LogP contribution < -0.4 is 15.0 Å². The van der Waals surface area contributed by atoms with E-state index in [9.17, 15) is 9.59 Å². The van der Waals surface area contributed by atoms with Gasteiger partial charge in [-0.05, 0) is 61.0 Å². The van der Waals surface area contributed by atoms with Gasteiger partial charge in [0.2, 0.25) is 0 Å². The predicted octanol–water partition coefficient (Wildman–Crippen LogP) is 4.71. The van der Waals surface area contributed by atoms with Gasteiger partial charge in [0, 0.05) is 28.7 Å². The van der Waals surface area contributed by atoms with Gasteiger partial charge in [0.15, 0.2) is 5.78 Å². The minimum absolute atomic E-state index is 0.0825. The first-order valence-corrected chi connectivity index (χ1v) is 10.9. The molecular weight excluding hydrogens is 438 g/mol. The molecule has 0 spiro atoms. The van der Waals surface area contributed by atoms with Crippen LogP contribution in [0, 0.1) is 6.92 Å². The summed E-state index contributed by atoms with van der Waals surface area (Å²) in [6.45, 7) is 2.17. The van der Waals surface area contributed by atoms with E-state index in [0.29, 0.717) is 33.3 Å². The average molecular weight is 458 g/mol. The van der Waals surface area contributed by atoms with Crippen molar-refractivity contribution in [2.45, 2.75) is 13.0 Å². The third kappa shape index (κ3) is 4.01. The number of nitrogens with one attached hydrogen (secondary N) is 1. The van der Waals surface area contributed by atoms with Gasteiger partial charge in [-0.15, -0.1) is 0 Å². The minimum atomic E-state index is -0.546. The number of benzene rings is 2. The predicted molar refractivity (Wildman–Crippen MR) is 127 cm³/mol. The number of amides is 1. The molecule has 164 valence electrons. The first kappa shape index (κ1) is 21.0. The number of fused-ring (bicyclic) bond motifs is 2. The van der Waals surface area contributed by atoms with Crippen molar-refractivity contribution < 1.29 is 14.3 Å². The van der Waals surface area contributed by atoms with Crippen LogP contribution >= 0.6 is 11.6 Å². The summed E-state index contributed by atoms with van der Waals surface area (Å²) >= 11 is 5.93. The second-order valence-corrected chi connectivity index (χ2v) is 8.25. The van der Waals surface area contributed by atoms with Crippen molar-refractivity contribution in [2.75, 3.05) is 11.4 Å². The fourth-order valence-corrected chi connectivity index (χ4v) is 4.05. The summed E-state index contributed by atoms with van der Waals surface area (Å²) in [5.41, 5.74) is 3.25. The van der Waals surface area contributed by atoms with E-state index in [2.05, 4.69) is 10.3 Å². The van der Waals surface area contributed by atoms with Crippen LogP contribution in [0.3, 0.4) is 0 Å². The van der Waals surface area contributed by atoms with Crippen molar-refractivity contribution in [1.82, 2.24) is 10.3 Å². The van der Waals surface area contributed by atoms with Gasteiger partial charge in [-0.1, -0.05) is 29.8 Å². The molecule has 2 aromatic carbocycles. The van der Waals surface area contributed by atoms with Gasteiger partial charge >= 0.3 is 0 Å². The SMILES string of the molecule is Cc1cccnc1N1C=C2C(=O)c3ccccc3O[C@H]2C=C1CNC(=O)c1ccc(Cl)cc1. The van der Waals surface area contributed by atoms with Crippen LogP contribution in [0.25, 0.3) is 0 Å². The Hall–Kier alpha value is -3.90. The zero-order valence-electron chi connectivity index (χ0n) is 17.8. The molecule has 2 aliphatic rings. The molecule has 1 amide bonds. The van der Waals surface area contributed by atoms with Gasteiger partial charge in [-0.2, -0.15) is 0 Å². The summed E-state index contributed by atoms with van der Waals surface area (Å²) in [7, 11) is 0. The number of hydrogen-bond donors (Lipinski definition) is 1. The van der Waals surface area contributed by atoms with Gasteiger partial charge in [-0.3, -0.25) is 9.59 Å². The van der Waals surface area contributed by atoms with Crippen molar-refractivity contribution in [3.63, 3.8) is 0 Å². The lowest BCUT2D eigenvalue weighted by Gasteiger charge is -2.34. The van der Waals surface area contributed by atoms with Crippen LogP contribution in [-0.4, -0.2) is 29.3 Å². The lowest BCUT2D eigenvalue weighted by molar-refractivity contribution is 0.0950. The van der Waals surface area contributed by atoms with Crippen LogP contribution in [0.15, 0.2) is 90.4 Å². The fraction of sp³-hybridized carbons (Fsp3) is 0.115. The quantitative estimate of drug-likeness (QED) is 0.614. The normalized spacial score (nSPS) is 16.7. The molecule has 1 N–H and O–H groups in total. The van der Waals surface area contributed by atoms with Gasteiger partial charge < -0.3 is 15.0 Å². The number of nitrogens with zero attached hydrogens (tertiary/aromatic N) is 2. The second kappa shape index (κ2) is 8.56. The number of ketones is 1. The number of pyridine rings is 1. The lowest BCUT2D eigenvalue weighted by Crippen LogP contribution is -2.39. The van der Waals surface area contributed by atoms with E-state index >= 15 is 0 Å². The number of anilines is 1. The summed E-state index contributed by atoms with van der Waals surface area (Å²) in [6.07, 6.45) is 4.78. The van der Waals surface area contributed by atoms with E-state index in [-0.39, 0.29) is 18.2 Å². The number of carbonyl (C=O) groups is 2. The van der Waals surface area contributed by atoms with Crippen LogP contribution in [0.5, 0.6) is 5.75 Å². The molecule has 1 atom stereocenters. The molecule has 33 heavy (non-hydrogen) atoms. The van der Waals surface area contributed by atoms with Crippen molar-refractivity contribution in [3.05, 3.63) is 112 Å². The molecule has 0 radical (unpaired) electrons. The fourth-order valence-electron chi connectivity index (χ4n) is 3.92. The summed E-state index contributed by atoms with van der Waals surface area (Å²) in [5.74, 6) is 0.918. The molecule has 0 saturated heterocycles. The smallest absolute Gasteiger partial charge is 0.251 e. The van der Waals surface area contributed by atoms with E-state index in [4.69, 9.17) is 16.3 Å². The number of rotatable bonds is 4. The molecule has 7 heteroatoms. The highest BCUT2D eigenvalue weighted by Crippen LogP contribution is 2.36. The average Bonchev–Trinajstić information content (AvgIpc) is 2.83.